The van der Waals surface area contributed by atoms with E-state index in [4.69, 9.17) is 0 Å². The van der Waals surface area contributed by atoms with Gasteiger partial charge in [-0.05, 0) is 17.5 Å². The molecule has 9 nitrogen and oxygen atoms in total. The number of hydrogen-bond donors (Lipinski definition) is 2. The fourth-order valence-corrected chi connectivity index (χ4v) is 3.73. The van der Waals surface area contributed by atoms with Gasteiger partial charge >= 0.3 is 6.03 Å². The van der Waals surface area contributed by atoms with Crippen molar-refractivity contribution in [1.82, 2.24) is 15.5 Å². The minimum Gasteiger partial charge on any atom is -0.362 e. The number of para-hydroxylation sites is 2. The molecule has 0 saturated carbocycles. The number of benzene rings is 2. The maximum atomic E-state index is 13.1. The highest BCUT2D eigenvalue weighted by Gasteiger charge is 2.31. The zero-order chi connectivity index (χ0) is 23.1. The smallest absolute Gasteiger partial charge is 0.315 e. The summed E-state index contributed by atoms with van der Waals surface area (Å²) in [7, 11) is 0. The van der Waals surface area contributed by atoms with Crippen molar-refractivity contribution in [2.24, 2.45) is 5.92 Å². The summed E-state index contributed by atoms with van der Waals surface area (Å²) in [4.78, 5) is 40.1. The van der Waals surface area contributed by atoms with Crippen LogP contribution in [0.2, 0.25) is 0 Å². The van der Waals surface area contributed by atoms with Crippen LogP contribution in [0.25, 0.3) is 0 Å². The summed E-state index contributed by atoms with van der Waals surface area (Å²) in [6.45, 7) is 6.00. The van der Waals surface area contributed by atoms with Gasteiger partial charge in [0, 0.05) is 38.8 Å². The Hall–Kier alpha value is -3.62. The van der Waals surface area contributed by atoms with E-state index in [0.29, 0.717) is 38.4 Å². The molecule has 3 rings (SSSR count). The molecule has 2 N–H and O–H groups in total. The molecule has 1 aliphatic rings. The average molecular weight is 440 g/mol. The minimum absolute atomic E-state index is 0.0593. The monoisotopic (exact) mass is 439 g/mol. The van der Waals surface area contributed by atoms with Gasteiger partial charge in [-0.1, -0.05) is 56.3 Å². The van der Waals surface area contributed by atoms with Gasteiger partial charge in [0.05, 0.1) is 4.92 Å². The van der Waals surface area contributed by atoms with E-state index in [1.54, 1.807) is 23.1 Å². The van der Waals surface area contributed by atoms with Gasteiger partial charge in [-0.2, -0.15) is 0 Å². The van der Waals surface area contributed by atoms with Gasteiger partial charge in [-0.15, -0.1) is 0 Å². The lowest BCUT2D eigenvalue weighted by atomic mass is 10.0. The number of rotatable bonds is 7. The van der Waals surface area contributed by atoms with Gasteiger partial charge in [0.25, 0.3) is 5.69 Å². The standard InChI is InChI=1S/C23H29N5O4/c1-17(2)21(25-23(30)24-16-18-8-4-3-5-9-18)22(29)27-14-12-26(13-15-27)19-10-6-7-11-20(19)28(31)32/h3-11,17,21H,12-16H2,1-2H3,(H2,24,25,30). The van der Waals surface area contributed by atoms with E-state index >= 15 is 0 Å². The summed E-state index contributed by atoms with van der Waals surface area (Å²) >= 11 is 0. The van der Waals surface area contributed by atoms with Crippen LogP contribution >= 0.6 is 0 Å². The van der Waals surface area contributed by atoms with Crippen LogP contribution in [0.3, 0.4) is 0 Å². The molecule has 0 spiro atoms. The first-order valence-corrected chi connectivity index (χ1v) is 10.7. The fourth-order valence-electron chi connectivity index (χ4n) is 3.73. The van der Waals surface area contributed by atoms with Crippen LogP contribution in [0.1, 0.15) is 19.4 Å². The zero-order valence-corrected chi connectivity index (χ0v) is 18.4. The Morgan fingerprint density at radius 2 is 1.62 bits per heavy atom. The minimum atomic E-state index is -0.650. The van der Waals surface area contributed by atoms with Crippen LogP contribution < -0.4 is 15.5 Å². The molecule has 170 valence electrons. The van der Waals surface area contributed by atoms with Gasteiger partial charge in [-0.3, -0.25) is 14.9 Å². The maximum absolute atomic E-state index is 13.1. The Balaban J connectivity index is 1.57. The van der Waals surface area contributed by atoms with Crippen molar-refractivity contribution >= 4 is 23.3 Å². The molecule has 0 aliphatic carbocycles. The predicted molar refractivity (Wildman–Crippen MR) is 122 cm³/mol. The Labute approximate surface area is 187 Å². The molecule has 1 saturated heterocycles. The molecule has 0 aromatic heterocycles. The number of nitrogens with zero attached hydrogens (tertiary/aromatic N) is 3. The molecule has 1 aliphatic heterocycles. The summed E-state index contributed by atoms with van der Waals surface area (Å²) in [5.74, 6) is -0.227. The first-order chi connectivity index (χ1) is 15.4. The van der Waals surface area contributed by atoms with E-state index < -0.39 is 6.04 Å². The Morgan fingerprint density at radius 1 is 1.00 bits per heavy atom. The molecule has 0 bridgehead atoms. The van der Waals surface area contributed by atoms with Crippen molar-refractivity contribution in [2.75, 3.05) is 31.1 Å². The molecular weight excluding hydrogens is 410 g/mol. The van der Waals surface area contributed by atoms with E-state index in [9.17, 15) is 19.7 Å². The molecule has 0 radical (unpaired) electrons. The summed E-state index contributed by atoms with van der Waals surface area (Å²) in [5, 5.41) is 16.9. The van der Waals surface area contributed by atoms with Crippen molar-refractivity contribution in [3.05, 3.63) is 70.3 Å². The van der Waals surface area contributed by atoms with Crippen LogP contribution in [0.4, 0.5) is 16.2 Å². The predicted octanol–water partition coefficient (Wildman–Crippen LogP) is 2.77. The van der Waals surface area contributed by atoms with Crippen LogP contribution in [0.15, 0.2) is 54.6 Å². The normalized spacial score (nSPS) is 14.7. The van der Waals surface area contributed by atoms with E-state index in [-0.39, 0.29) is 28.5 Å². The van der Waals surface area contributed by atoms with E-state index in [1.165, 1.54) is 6.07 Å². The van der Waals surface area contributed by atoms with Gasteiger partial charge in [0.2, 0.25) is 5.91 Å². The number of carbonyl (C=O) groups excluding carboxylic acids is 2. The summed E-state index contributed by atoms with van der Waals surface area (Å²) < 4.78 is 0. The van der Waals surface area contributed by atoms with Crippen LogP contribution in [0.5, 0.6) is 0 Å². The topological polar surface area (TPSA) is 108 Å². The fraction of sp³-hybridized carbons (Fsp3) is 0.391. The quantitative estimate of drug-likeness (QED) is 0.510. The number of urea groups is 1. The second kappa shape index (κ2) is 10.6. The third-order valence-corrected chi connectivity index (χ3v) is 5.53. The van der Waals surface area contributed by atoms with Crippen molar-refractivity contribution in [3.8, 4) is 0 Å². The molecule has 1 heterocycles. The van der Waals surface area contributed by atoms with Gasteiger partial charge in [0.1, 0.15) is 11.7 Å². The van der Waals surface area contributed by atoms with E-state index in [2.05, 4.69) is 10.6 Å². The second-order valence-corrected chi connectivity index (χ2v) is 8.09. The van der Waals surface area contributed by atoms with Gasteiger partial charge in [0.15, 0.2) is 0 Å². The molecule has 3 amide bonds. The number of nitro benzene ring substituents is 1. The van der Waals surface area contributed by atoms with Crippen LogP contribution in [0, 0.1) is 16.0 Å². The number of piperazine rings is 1. The largest absolute Gasteiger partial charge is 0.362 e. The lowest BCUT2D eigenvalue weighted by Crippen LogP contribution is -2.57. The van der Waals surface area contributed by atoms with Gasteiger partial charge < -0.3 is 20.4 Å². The number of nitrogens with one attached hydrogen (secondary N) is 2. The maximum Gasteiger partial charge on any atom is 0.315 e. The highest BCUT2D eigenvalue weighted by atomic mass is 16.6. The van der Waals surface area contributed by atoms with Crippen molar-refractivity contribution < 1.29 is 14.5 Å². The summed E-state index contributed by atoms with van der Waals surface area (Å²) in [5.41, 5.74) is 1.59. The van der Waals surface area contributed by atoms with Crippen LogP contribution in [-0.4, -0.2) is 54.0 Å². The molecule has 1 fully saturated rings. The molecule has 32 heavy (non-hydrogen) atoms. The lowest BCUT2D eigenvalue weighted by Gasteiger charge is -2.38. The highest BCUT2D eigenvalue weighted by molar-refractivity contribution is 5.87. The van der Waals surface area contributed by atoms with E-state index in [0.717, 1.165) is 5.56 Å². The number of amides is 3. The van der Waals surface area contributed by atoms with Crippen LogP contribution in [-0.2, 0) is 11.3 Å². The number of anilines is 1. The number of hydrogen-bond acceptors (Lipinski definition) is 5. The molecule has 2 aromatic carbocycles. The third-order valence-electron chi connectivity index (χ3n) is 5.53. The molecular formula is C23H29N5O4. The van der Waals surface area contributed by atoms with E-state index in [1.807, 2.05) is 49.1 Å². The van der Waals surface area contributed by atoms with Gasteiger partial charge in [-0.25, -0.2) is 4.79 Å². The first kappa shape index (κ1) is 23.1. The number of nitro groups is 1. The summed E-state index contributed by atoms with van der Waals surface area (Å²) in [6, 6.07) is 15.1. The molecule has 2 aromatic rings. The Kier molecular flexibility index (Phi) is 7.64. The Bertz CT molecular complexity index is 942. The Morgan fingerprint density at radius 3 is 2.25 bits per heavy atom. The highest BCUT2D eigenvalue weighted by Crippen LogP contribution is 2.28. The average Bonchev–Trinajstić information content (AvgIpc) is 2.81. The first-order valence-electron chi connectivity index (χ1n) is 10.7. The lowest BCUT2D eigenvalue weighted by molar-refractivity contribution is -0.384. The molecule has 1 atom stereocenters. The van der Waals surface area contributed by atoms with Crippen molar-refractivity contribution in [2.45, 2.75) is 26.4 Å². The third kappa shape index (κ3) is 5.75. The second-order valence-electron chi connectivity index (χ2n) is 8.09. The van der Waals surface area contributed by atoms with Crippen molar-refractivity contribution in [1.29, 1.82) is 0 Å². The molecule has 1 unspecified atom stereocenters. The molecule has 9 heteroatoms. The summed E-state index contributed by atoms with van der Waals surface area (Å²) in [6.07, 6.45) is 0. The SMILES string of the molecule is CC(C)C(NC(=O)NCc1ccccc1)C(=O)N1CCN(c2ccccc2[N+](=O)[O-])CC1. The number of carbonyl (C=O) groups is 2. The zero-order valence-electron chi connectivity index (χ0n) is 18.4. The van der Waals surface area contributed by atoms with Crippen molar-refractivity contribution in [3.63, 3.8) is 0 Å².